The zero-order valence-electron chi connectivity index (χ0n) is 16.7. The molecule has 0 saturated carbocycles. The second kappa shape index (κ2) is 9.90. The standard InChI is InChI=1S/C22H24O9/c1-29-14-7-8-15(17(25)10-14)16(24)9-4-12-2-5-13(6-3-12)30-22-21(28)20(27)19(26)18(11-23)31-22/h2-10,18-23,25-28H,11H2,1H3/b9-4+/t18-,19?,20+,21+,22-/m1/s1. The molecule has 166 valence electrons. The second-order valence-corrected chi connectivity index (χ2v) is 6.96. The summed E-state index contributed by atoms with van der Waals surface area (Å²) in [6, 6.07) is 10.8. The number of phenols is 1. The van der Waals surface area contributed by atoms with Gasteiger partial charge < -0.3 is 39.7 Å². The number of carbonyl (C=O) groups is 1. The van der Waals surface area contributed by atoms with Crippen LogP contribution >= 0.6 is 0 Å². The minimum atomic E-state index is -1.53. The summed E-state index contributed by atoms with van der Waals surface area (Å²) in [6.07, 6.45) is -3.97. The number of benzene rings is 2. The highest BCUT2D eigenvalue weighted by atomic mass is 16.7. The quantitative estimate of drug-likeness (QED) is 0.311. The fraction of sp³-hybridized carbons (Fsp3) is 0.318. The Kier molecular flexibility index (Phi) is 7.26. The van der Waals surface area contributed by atoms with Crippen molar-refractivity contribution in [1.29, 1.82) is 0 Å². The van der Waals surface area contributed by atoms with Gasteiger partial charge in [-0.3, -0.25) is 4.79 Å². The highest BCUT2D eigenvalue weighted by Crippen LogP contribution is 2.26. The van der Waals surface area contributed by atoms with Crippen LogP contribution in [0.4, 0.5) is 0 Å². The number of allylic oxidation sites excluding steroid dienone is 1. The molecule has 1 aliphatic rings. The van der Waals surface area contributed by atoms with E-state index < -0.39 is 37.3 Å². The van der Waals surface area contributed by atoms with E-state index in [0.29, 0.717) is 17.1 Å². The average Bonchev–Trinajstić information content (AvgIpc) is 2.78. The van der Waals surface area contributed by atoms with Crippen LogP contribution in [0.25, 0.3) is 6.08 Å². The Balaban J connectivity index is 1.64. The van der Waals surface area contributed by atoms with E-state index in [0.717, 1.165) is 0 Å². The molecule has 0 aliphatic carbocycles. The van der Waals surface area contributed by atoms with Crippen molar-refractivity contribution in [3.8, 4) is 17.2 Å². The molecule has 1 saturated heterocycles. The molecule has 9 nitrogen and oxygen atoms in total. The van der Waals surface area contributed by atoms with Crippen molar-refractivity contribution >= 4 is 11.9 Å². The van der Waals surface area contributed by atoms with E-state index in [-0.39, 0.29) is 17.1 Å². The monoisotopic (exact) mass is 432 g/mol. The molecular formula is C22H24O9. The summed E-state index contributed by atoms with van der Waals surface area (Å²) in [5, 5.41) is 48.8. The molecule has 9 heteroatoms. The van der Waals surface area contributed by atoms with Crippen LogP contribution < -0.4 is 9.47 Å². The maximum atomic E-state index is 12.3. The van der Waals surface area contributed by atoms with E-state index in [2.05, 4.69) is 0 Å². The van der Waals surface area contributed by atoms with Gasteiger partial charge in [0.1, 0.15) is 41.7 Å². The summed E-state index contributed by atoms with van der Waals surface area (Å²) >= 11 is 0. The number of aliphatic hydroxyl groups is 4. The third-order valence-corrected chi connectivity index (χ3v) is 4.88. The molecule has 0 amide bonds. The van der Waals surface area contributed by atoms with Gasteiger partial charge >= 0.3 is 0 Å². The van der Waals surface area contributed by atoms with Gasteiger partial charge in [0.25, 0.3) is 0 Å². The van der Waals surface area contributed by atoms with E-state index >= 15 is 0 Å². The predicted molar refractivity (Wildman–Crippen MR) is 109 cm³/mol. The first kappa shape index (κ1) is 22.7. The molecular weight excluding hydrogens is 408 g/mol. The number of hydrogen-bond acceptors (Lipinski definition) is 9. The van der Waals surface area contributed by atoms with Crippen LogP contribution in [0, 0.1) is 0 Å². The smallest absolute Gasteiger partial charge is 0.229 e. The molecule has 0 spiro atoms. The van der Waals surface area contributed by atoms with Crippen molar-refractivity contribution in [2.24, 2.45) is 0 Å². The molecule has 1 unspecified atom stereocenters. The molecule has 5 atom stereocenters. The van der Waals surface area contributed by atoms with Gasteiger partial charge in [-0.1, -0.05) is 18.2 Å². The topological polar surface area (TPSA) is 146 Å². The highest BCUT2D eigenvalue weighted by molar-refractivity contribution is 6.08. The lowest BCUT2D eigenvalue weighted by molar-refractivity contribution is -0.277. The average molecular weight is 432 g/mol. The fourth-order valence-electron chi connectivity index (χ4n) is 3.06. The van der Waals surface area contributed by atoms with Crippen LogP contribution in [0.3, 0.4) is 0 Å². The van der Waals surface area contributed by atoms with Crippen molar-refractivity contribution < 1.29 is 44.5 Å². The SMILES string of the molecule is COc1ccc(C(=O)/C=C/c2ccc(O[C@@H]3O[C@H](CO)C(O)[C@H](O)[C@@H]3O)cc2)c(O)c1. The van der Waals surface area contributed by atoms with E-state index in [1.165, 1.54) is 25.3 Å². The zero-order valence-corrected chi connectivity index (χ0v) is 16.7. The lowest BCUT2D eigenvalue weighted by atomic mass is 9.99. The normalized spacial score (nSPS) is 26.0. The van der Waals surface area contributed by atoms with Gasteiger partial charge in [-0.25, -0.2) is 0 Å². The number of aromatic hydroxyl groups is 1. The second-order valence-electron chi connectivity index (χ2n) is 6.96. The Morgan fingerprint density at radius 3 is 2.32 bits per heavy atom. The molecule has 1 aliphatic heterocycles. The molecule has 0 radical (unpaired) electrons. The summed E-state index contributed by atoms with van der Waals surface area (Å²) < 4.78 is 15.8. The molecule has 5 N–H and O–H groups in total. The van der Waals surface area contributed by atoms with Crippen molar-refractivity contribution in [3.05, 3.63) is 59.7 Å². The van der Waals surface area contributed by atoms with Crippen LogP contribution in [-0.4, -0.2) is 75.7 Å². The number of methoxy groups -OCH3 is 1. The molecule has 2 aromatic rings. The number of aliphatic hydroxyl groups excluding tert-OH is 4. The molecule has 2 aromatic carbocycles. The first-order valence-corrected chi connectivity index (χ1v) is 9.50. The van der Waals surface area contributed by atoms with Crippen LogP contribution in [0.2, 0.25) is 0 Å². The molecule has 0 bridgehead atoms. The third kappa shape index (κ3) is 5.22. The van der Waals surface area contributed by atoms with Gasteiger partial charge in [-0.15, -0.1) is 0 Å². The number of ketones is 1. The Labute approximate surface area is 178 Å². The summed E-state index contributed by atoms with van der Waals surface area (Å²) in [7, 11) is 1.46. The Morgan fingerprint density at radius 1 is 1.03 bits per heavy atom. The Hall–Kier alpha value is -2.95. The van der Waals surface area contributed by atoms with Gasteiger partial charge in [0.15, 0.2) is 5.78 Å². The number of ether oxygens (including phenoxy) is 3. The summed E-state index contributed by atoms with van der Waals surface area (Å²) in [5.74, 6) is 0.174. The fourth-order valence-corrected chi connectivity index (χ4v) is 3.06. The third-order valence-electron chi connectivity index (χ3n) is 4.88. The van der Waals surface area contributed by atoms with Gasteiger partial charge in [0.05, 0.1) is 19.3 Å². The van der Waals surface area contributed by atoms with Crippen LogP contribution in [0.5, 0.6) is 17.2 Å². The lowest BCUT2D eigenvalue weighted by Crippen LogP contribution is -2.60. The van der Waals surface area contributed by atoms with Crippen LogP contribution in [0.1, 0.15) is 15.9 Å². The summed E-state index contributed by atoms with van der Waals surface area (Å²) in [4.78, 5) is 12.3. The van der Waals surface area contributed by atoms with Crippen molar-refractivity contribution in [1.82, 2.24) is 0 Å². The number of hydrogen-bond donors (Lipinski definition) is 5. The number of carbonyl (C=O) groups excluding carboxylic acids is 1. The molecule has 0 aromatic heterocycles. The van der Waals surface area contributed by atoms with Gasteiger partial charge in [0.2, 0.25) is 6.29 Å². The van der Waals surface area contributed by atoms with E-state index in [1.807, 2.05) is 0 Å². The molecule has 1 fully saturated rings. The highest BCUT2D eigenvalue weighted by Gasteiger charge is 2.44. The Bertz CT molecular complexity index is 923. The first-order chi connectivity index (χ1) is 14.8. The van der Waals surface area contributed by atoms with E-state index in [4.69, 9.17) is 14.2 Å². The van der Waals surface area contributed by atoms with Crippen molar-refractivity contribution in [2.75, 3.05) is 13.7 Å². The van der Waals surface area contributed by atoms with E-state index in [1.54, 1.807) is 36.4 Å². The number of phenolic OH excluding ortho intramolecular Hbond substituents is 1. The maximum absolute atomic E-state index is 12.3. The molecule has 3 rings (SSSR count). The molecule has 1 heterocycles. The zero-order chi connectivity index (χ0) is 22.5. The van der Waals surface area contributed by atoms with E-state index in [9.17, 15) is 30.3 Å². The van der Waals surface area contributed by atoms with Gasteiger partial charge in [0, 0.05) is 6.07 Å². The van der Waals surface area contributed by atoms with Crippen LogP contribution in [-0.2, 0) is 4.74 Å². The minimum Gasteiger partial charge on any atom is -0.507 e. The molecule has 31 heavy (non-hydrogen) atoms. The number of rotatable bonds is 7. The first-order valence-electron chi connectivity index (χ1n) is 9.50. The van der Waals surface area contributed by atoms with Gasteiger partial charge in [-0.2, -0.15) is 0 Å². The lowest BCUT2D eigenvalue weighted by Gasteiger charge is -2.39. The summed E-state index contributed by atoms with van der Waals surface area (Å²) in [6.45, 7) is -0.549. The largest absolute Gasteiger partial charge is 0.507 e. The van der Waals surface area contributed by atoms with Crippen LogP contribution in [0.15, 0.2) is 48.5 Å². The Morgan fingerprint density at radius 2 is 1.71 bits per heavy atom. The summed E-state index contributed by atoms with van der Waals surface area (Å²) in [5.41, 5.74) is 0.808. The van der Waals surface area contributed by atoms with Gasteiger partial charge in [-0.05, 0) is 35.9 Å². The van der Waals surface area contributed by atoms with Crippen molar-refractivity contribution in [3.63, 3.8) is 0 Å². The maximum Gasteiger partial charge on any atom is 0.229 e. The van der Waals surface area contributed by atoms with Crippen molar-refractivity contribution in [2.45, 2.75) is 30.7 Å². The predicted octanol–water partition coefficient (Wildman–Crippen LogP) is 0.476. The minimum absolute atomic E-state index is 0.139.